The molecule has 0 bridgehead atoms. The zero-order valence-electron chi connectivity index (χ0n) is 23.1. The number of amides is 1. The Labute approximate surface area is 241 Å². The highest BCUT2D eigenvalue weighted by molar-refractivity contribution is 7.92. The standard InChI is InChI=1S/C26H27F7N2O7S/c1-23(2,21(36)37)10-9-15-13-35(43(39,40)16-6-7-18(27)17(12-16)25(28,29)30)19-11-14(5-8-20(19)41-15)34-22(38)42-24(3,4)26(31,32)33/h5-8,11-12,15H,9-10,13H2,1-4H3,(H,34,38)(H,36,37). The van der Waals surface area contributed by atoms with Gasteiger partial charge >= 0.3 is 24.4 Å². The van der Waals surface area contributed by atoms with Gasteiger partial charge < -0.3 is 14.6 Å². The van der Waals surface area contributed by atoms with E-state index in [2.05, 4.69) is 4.74 Å². The van der Waals surface area contributed by atoms with E-state index in [1.54, 1.807) is 0 Å². The number of benzene rings is 2. The minimum atomic E-state index is -5.23. The normalized spacial score (nSPS) is 16.3. The molecule has 0 saturated carbocycles. The number of fused-ring (bicyclic) bond motifs is 1. The lowest BCUT2D eigenvalue weighted by Crippen LogP contribution is -2.44. The number of hydrogen-bond donors (Lipinski definition) is 2. The fourth-order valence-corrected chi connectivity index (χ4v) is 5.36. The van der Waals surface area contributed by atoms with Gasteiger partial charge in [-0.3, -0.25) is 14.4 Å². The number of carboxylic acids is 1. The van der Waals surface area contributed by atoms with Crippen LogP contribution in [0.2, 0.25) is 0 Å². The highest BCUT2D eigenvalue weighted by Crippen LogP contribution is 2.42. The van der Waals surface area contributed by atoms with E-state index in [0.29, 0.717) is 30.3 Å². The Morgan fingerprint density at radius 3 is 2.23 bits per heavy atom. The second kappa shape index (κ2) is 11.4. The van der Waals surface area contributed by atoms with E-state index in [-0.39, 0.29) is 36.0 Å². The summed E-state index contributed by atoms with van der Waals surface area (Å²) in [4.78, 5) is 22.8. The number of carbonyl (C=O) groups excluding carboxylic acids is 1. The molecule has 0 saturated heterocycles. The maximum absolute atomic E-state index is 13.9. The van der Waals surface area contributed by atoms with Gasteiger partial charge in [-0.1, -0.05) is 0 Å². The summed E-state index contributed by atoms with van der Waals surface area (Å²) in [5, 5.41) is 11.4. The van der Waals surface area contributed by atoms with Gasteiger partial charge in [-0.05, 0) is 76.9 Å². The Morgan fingerprint density at radius 1 is 1.05 bits per heavy atom. The quantitative estimate of drug-likeness (QED) is 0.311. The number of rotatable bonds is 8. The molecule has 0 fully saturated rings. The zero-order valence-corrected chi connectivity index (χ0v) is 23.9. The first-order valence-electron chi connectivity index (χ1n) is 12.5. The molecule has 0 aliphatic carbocycles. The number of carboxylic acid groups (broad SMARTS) is 1. The van der Waals surface area contributed by atoms with Crippen molar-refractivity contribution >= 4 is 33.5 Å². The Hall–Kier alpha value is -3.76. The van der Waals surface area contributed by atoms with Gasteiger partial charge in [0.05, 0.1) is 28.1 Å². The maximum atomic E-state index is 13.9. The van der Waals surface area contributed by atoms with E-state index in [1.165, 1.54) is 13.8 Å². The molecule has 2 N–H and O–H groups in total. The molecule has 238 valence electrons. The molecule has 17 heteroatoms. The van der Waals surface area contributed by atoms with Crippen LogP contribution in [0.25, 0.3) is 0 Å². The van der Waals surface area contributed by atoms with Crippen LogP contribution in [-0.4, -0.2) is 50.0 Å². The van der Waals surface area contributed by atoms with Crippen LogP contribution in [0.1, 0.15) is 46.1 Å². The van der Waals surface area contributed by atoms with Crippen molar-refractivity contribution in [3.05, 3.63) is 47.8 Å². The molecule has 1 heterocycles. The molecule has 1 aliphatic heterocycles. The number of alkyl halides is 6. The summed E-state index contributed by atoms with van der Waals surface area (Å²) in [5.74, 6) is -3.01. The Bertz CT molecular complexity index is 1510. The van der Waals surface area contributed by atoms with E-state index >= 15 is 0 Å². The summed E-state index contributed by atoms with van der Waals surface area (Å²) < 4.78 is 132. The molecule has 0 radical (unpaired) electrons. The summed E-state index contributed by atoms with van der Waals surface area (Å²) in [6.07, 6.45) is -12.7. The van der Waals surface area contributed by atoms with Gasteiger partial charge in [-0.25, -0.2) is 17.6 Å². The van der Waals surface area contributed by atoms with E-state index in [1.807, 2.05) is 5.32 Å². The summed E-state index contributed by atoms with van der Waals surface area (Å²) in [6, 6.07) is 4.36. The van der Waals surface area contributed by atoms with E-state index in [0.717, 1.165) is 18.2 Å². The van der Waals surface area contributed by atoms with Crippen LogP contribution in [0.3, 0.4) is 0 Å². The number of nitrogens with one attached hydrogen (secondary N) is 1. The molecule has 0 aromatic heterocycles. The van der Waals surface area contributed by atoms with E-state index in [4.69, 9.17) is 4.74 Å². The van der Waals surface area contributed by atoms with Crippen molar-refractivity contribution in [2.75, 3.05) is 16.2 Å². The number of nitrogens with zero attached hydrogens (tertiary/aromatic N) is 1. The van der Waals surface area contributed by atoms with Crippen molar-refractivity contribution in [1.82, 2.24) is 0 Å². The van der Waals surface area contributed by atoms with Gasteiger partial charge in [0.15, 0.2) is 0 Å². The SMILES string of the molecule is CC(C)(CCC1CN(S(=O)(=O)c2ccc(F)c(C(F)(F)F)c2)c2cc(NC(=O)OC(C)(C)C(F)(F)F)ccc2O1)C(=O)O. The smallest absolute Gasteiger partial charge is 0.427 e. The minimum absolute atomic E-state index is 0.00542. The maximum Gasteiger partial charge on any atom is 0.427 e. The predicted octanol–water partition coefficient (Wildman–Crippen LogP) is 6.58. The fraction of sp³-hybridized carbons (Fsp3) is 0.462. The molecule has 1 amide bonds. The molecule has 1 aliphatic rings. The molecule has 1 unspecified atom stereocenters. The first kappa shape index (κ1) is 33.7. The molecular formula is C26H27F7N2O7S. The van der Waals surface area contributed by atoms with Crippen LogP contribution >= 0.6 is 0 Å². The van der Waals surface area contributed by atoms with Crippen molar-refractivity contribution in [2.45, 2.75) is 69.5 Å². The highest BCUT2D eigenvalue weighted by Gasteiger charge is 2.51. The number of ether oxygens (including phenoxy) is 2. The van der Waals surface area contributed by atoms with Crippen molar-refractivity contribution in [3.8, 4) is 5.75 Å². The summed E-state index contributed by atoms with van der Waals surface area (Å²) in [7, 11) is -4.89. The third-order valence-electron chi connectivity index (χ3n) is 6.67. The van der Waals surface area contributed by atoms with Crippen LogP contribution in [0.4, 0.5) is 46.9 Å². The molecule has 1 atom stereocenters. The Morgan fingerprint density at radius 2 is 1.67 bits per heavy atom. The summed E-state index contributed by atoms with van der Waals surface area (Å²) in [5.41, 5.74) is -6.55. The molecule has 3 rings (SSSR count). The van der Waals surface area contributed by atoms with Crippen LogP contribution in [0.5, 0.6) is 5.75 Å². The lowest BCUT2D eigenvalue weighted by molar-refractivity contribution is -0.242. The van der Waals surface area contributed by atoms with E-state index < -0.39 is 74.4 Å². The van der Waals surface area contributed by atoms with Crippen molar-refractivity contribution in [3.63, 3.8) is 0 Å². The van der Waals surface area contributed by atoms with Gasteiger partial charge in [-0.15, -0.1) is 0 Å². The second-order valence-corrected chi connectivity index (χ2v) is 12.7. The fourth-order valence-electron chi connectivity index (χ4n) is 3.84. The van der Waals surface area contributed by atoms with Crippen LogP contribution in [-0.2, 0) is 25.7 Å². The molecule has 2 aromatic rings. The van der Waals surface area contributed by atoms with Gasteiger partial charge in [0.1, 0.15) is 17.7 Å². The van der Waals surface area contributed by atoms with Crippen LogP contribution in [0.15, 0.2) is 41.3 Å². The first-order valence-corrected chi connectivity index (χ1v) is 13.9. The molecule has 43 heavy (non-hydrogen) atoms. The number of halogens is 7. The number of carbonyl (C=O) groups is 2. The molecule has 0 spiro atoms. The molecule has 2 aromatic carbocycles. The second-order valence-electron chi connectivity index (χ2n) is 10.8. The number of hydrogen-bond acceptors (Lipinski definition) is 6. The Kier molecular flexibility index (Phi) is 8.94. The minimum Gasteiger partial charge on any atom is -0.486 e. The average molecular weight is 645 g/mol. The van der Waals surface area contributed by atoms with Gasteiger partial charge in [-0.2, -0.15) is 26.3 Å². The third kappa shape index (κ3) is 7.43. The number of anilines is 2. The molecule has 9 nitrogen and oxygen atoms in total. The van der Waals surface area contributed by atoms with Gasteiger partial charge in [0, 0.05) is 5.69 Å². The first-order chi connectivity index (χ1) is 19.5. The van der Waals surface area contributed by atoms with Gasteiger partial charge in [0.2, 0.25) is 5.60 Å². The third-order valence-corrected chi connectivity index (χ3v) is 8.44. The summed E-state index contributed by atoms with van der Waals surface area (Å²) >= 11 is 0. The topological polar surface area (TPSA) is 122 Å². The van der Waals surface area contributed by atoms with Crippen molar-refractivity contribution in [2.24, 2.45) is 5.41 Å². The largest absolute Gasteiger partial charge is 0.486 e. The highest BCUT2D eigenvalue weighted by atomic mass is 32.2. The van der Waals surface area contributed by atoms with Crippen LogP contribution < -0.4 is 14.4 Å². The Balaban J connectivity index is 2.04. The molecular weight excluding hydrogens is 617 g/mol. The van der Waals surface area contributed by atoms with Crippen molar-refractivity contribution in [1.29, 1.82) is 0 Å². The lowest BCUT2D eigenvalue weighted by Gasteiger charge is -2.36. The van der Waals surface area contributed by atoms with Crippen molar-refractivity contribution < 1.29 is 63.3 Å². The van der Waals surface area contributed by atoms with Gasteiger partial charge in [0.25, 0.3) is 10.0 Å². The summed E-state index contributed by atoms with van der Waals surface area (Å²) in [6.45, 7) is 3.51. The zero-order chi connectivity index (χ0) is 32.8. The average Bonchev–Trinajstić information content (AvgIpc) is 2.85. The lowest BCUT2D eigenvalue weighted by atomic mass is 9.87. The predicted molar refractivity (Wildman–Crippen MR) is 138 cm³/mol. The number of aliphatic carboxylic acids is 1. The number of sulfonamides is 1. The van der Waals surface area contributed by atoms with Crippen LogP contribution in [0, 0.1) is 11.2 Å². The monoisotopic (exact) mass is 644 g/mol. The van der Waals surface area contributed by atoms with E-state index in [9.17, 15) is 53.8 Å².